The van der Waals surface area contributed by atoms with Gasteiger partial charge in [-0.05, 0) is 39.5 Å². The van der Waals surface area contributed by atoms with Crippen LogP contribution in [0.25, 0.3) is 0 Å². The van der Waals surface area contributed by atoms with Gasteiger partial charge in [-0.3, -0.25) is 4.79 Å². The van der Waals surface area contributed by atoms with Gasteiger partial charge >= 0.3 is 0 Å². The van der Waals surface area contributed by atoms with Gasteiger partial charge in [-0.15, -0.1) is 0 Å². The molecule has 1 amide bonds. The minimum Gasteiger partial charge on any atom is -0.323 e. The molecule has 1 N–H and O–H groups in total. The third-order valence-electron chi connectivity index (χ3n) is 1.33. The highest BCUT2D eigenvalue weighted by Crippen LogP contribution is 2.16. The molecule has 1 unspecified atom stereocenters. The van der Waals surface area contributed by atoms with Crippen molar-refractivity contribution in [1.82, 2.24) is 0 Å². The van der Waals surface area contributed by atoms with E-state index in [0.717, 1.165) is 5.69 Å². The molecule has 0 bridgehead atoms. The van der Waals surface area contributed by atoms with Crippen LogP contribution >= 0.6 is 20.2 Å². The molecule has 4 heteroatoms. The van der Waals surface area contributed by atoms with E-state index in [1.807, 2.05) is 6.66 Å². The number of benzene rings is 1. The van der Waals surface area contributed by atoms with E-state index < -0.39 is 0 Å². The number of rotatable bonds is 2. The third kappa shape index (κ3) is 2.80. The number of halogens is 1. The van der Waals surface area contributed by atoms with Crippen molar-refractivity contribution < 1.29 is 4.79 Å². The summed E-state index contributed by atoms with van der Waals surface area (Å²) in [5.74, 6) is 0. The van der Waals surface area contributed by atoms with Gasteiger partial charge in [0.25, 0.3) is 0 Å². The van der Waals surface area contributed by atoms with Crippen molar-refractivity contribution in [3.8, 4) is 0 Å². The molecule has 1 aromatic carbocycles. The molecule has 0 heterocycles. The fourth-order valence-corrected chi connectivity index (χ4v) is 1.12. The molecule has 1 aromatic rings. The second-order valence-corrected chi connectivity index (χ2v) is 3.60. The molecule has 0 radical (unpaired) electrons. The molecular weight excluding hydrogens is 193 g/mol. The quantitative estimate of drug-likeness (QED) is 0.732. The van der Waals surface area contributed by atoms with Gasteiger partial charge in [-0.2, -0.15) is 0 Å². The molecule has 1 rings (SSSR count). The van der Waals surface area contributed by atoms with E-state index in [2.05, 4.69) is 5.32 Å². The van der Waals surface area contributed by atoms with Crippen LogP contribution in [0.2, 0.25) is 5.02 Å². The zero-order valence-corrected chi connectivity index (χ0v) is 8.35. The zero-order chi connectivity index (χ0) is 8.97. The summed E-state index contributed by atoms with van der Waals surface area (Å²) in [5.41, 5.74) is 0.830. The fraction of sp³-hybridized carbons (Fsp3) is 0.125. The summed E-state index contributed by atoms with van der Waals surface area (Å²) in [5, 5.41) is 3.41. The van der Waals surface area contributed by atoms with Crippen molar-refractivity contribution >= 4 is 31.5 Å². The highest BCUT2D eigenvalue weighted by molar-refractivity contribution is 7.57. The minimum absolute atomic E-state index is 0.0392. The maximum Gasteiger partial charge on any atom is 0.241 e. The second-order valence-electron chi connectivity index (χ2n) is 2.21. The highest BCUT2D eigenvalue weighted by Gasteiger charge is 1.96. The Balaban J connectivity index is 2.64. The van der Waals surface area contributed by atoms with Gasteiger partial charge in [0.05, 0.1) is 0 Å². The monoisotopic (exact) mass is 201 g/mol. The number of amides is 1. The first kappa shape index (κ1) is 9.50. The van der Waals surface area contributed by atoms with Crippen LogP contribution in [-0.2, 0) is 0 Å². The van der Waals surface area contributed by atoms with Crippen LogP contribution in [0.3, 0.4) is 0 Å². The SMILES string of the molecule is CPC(=O)Nc1ccc(Cl)cc1. The Kier molecular flexibility index (Phi) is 3.51. The van der Waals surface area contributed by atoms with Crippen LogP contribution in [0.4, 0.5) is 10.5 Å². The lowest BCUT2D eigenvalue weighted by Gasteiger charge is -2.01. The molecule has 2 nitrogen and oxygen atoms in total. The zero-order valence-electron chi connectivity index (χ0n) is 6.60. The number of nitrogens with one attached hydrogen (secondary N) is 1. The van der Waals surface area contributed by atoms with E-state index in [9.17, 15) is 4.79 Å². The van der Waals surface area contributed by atoms with Gasteiger partial charge in [0.15, 0.2) is 0 Å². The van der Waals surface area contributed by atoms with E-state index in [4.69, 9.17) is 11.6 Å². The first-order valence-corrected chi connectivity index (χ1v) is 5.34. The normalized spacial score (nSPS) is 10.5. The molecule has 0 aliphatic heterocycles. The Morgan fingerprint density at radius 1 is 1.42 bits per heavy atom. The molecule has 0 saturated heterocycles. The number of hydrogen-bond acceptors (Lipinski definition) is 1. The van der Waals surface area contributed by atoms with Crippen LogP contribution in [0.15, 0.2) is 24.3 Å². The maximum absolute atomic E-state index is 10.9. The summed E-state index contributed by atoms with van der Waals surface area (Å²) in [6.07, 6.45) is 0. The van der Waals surface area contributed by atoms with Crippen LogP contribution in [0.5, 0.6) is 0 Å². The van der Waals surface area contributed by atoms with Crippen LogP contribution < -0.4 is 5.32 Å². The lowest BCUT2D eigenvalue weighted by atomic mass is 10.3. The summed E-state index contributed by atoms with van der Waals surface area (Å²) in [4.78, 5) is 10.9. The number of anilines is 1. The van der Waals surface area contributed by atoms with Gasteiger partial charge in [0.1, 0.15) is 0 Å². The van der Waals surface area contributed by atoms with Crippen LogP contribution in [0, 0.1) is 0 Å². The van der Waals surface area contributed by atoms with Gasteiger partial charge in [0.2, 0.25) is 5.65 Å². The summed E-state index contributed by atoms with van der Waals surface area (Å²) >= 11 is 5.67. The van der Waals surface area contributed by atoms with Crippen molar-refractivity contribution in [3.05, 3.63) is 29.3 Å². The van der Waals surface area contributed by atoms with Crippen molar-refractivity contribution in [3.63, 3.8) is 0 Å². The molecule has 0 saturated carbocycles. The average molecular weight is 202 g/mol. The van der Waals surface area contributed by atoms with Gasteiger partial charge < -0.3 is 5.32 Å². The van der Waals surface area contributed by atoms with E-state index in [1.165, 1.54) is 0 Å². The molecule has 12 heavy (non-hydrogen) atoms. The Morgan fingerprint density at radius 3 is 2.50 bits per heavy atom. The highest BCUT2D eigenvalue weighted by atomic mass is 35.5. The largest absolute Gasteiger partial charge is 0.323 e. The standard InChI is InChI=1S/C8H9ClNOP/c1-12-8(11)10-7-4-2-6(9)3-5-7/h2-5,12H,1H3,(H,10,11). The van der Waals surface area contributed by atoms with Gasteiger partial charge in [0, 0.05) is 10.7 Å². The maximum atomic E-state index is 10.9. The first-order chi connectivity index (χ1) is 5.72. The average Bonchev–Trinajstić information content (AvgIpc) is 2.09. The predicted molar refractivity (Wildman–Crippen MR) is 54.7 cm³/mol. The Bertz CT molecular complexity index is 273. The third-order valence-corrected chi connectivity index (χ3v) is 2.16. The van der Waals surface area contributed by atoms with E-state index in [1.54, 1.807) is 24.3 Å². The molecule has 0 aliphatic rings. The second kappa shape index (κ2) is 4.44. The van der Waals surface area contributed by atoms with Crippen molar-refractivity contribution in [2.45, 2.75) is 0 Å². The predicted octanol–water partition coefficient (Wildman–Crippen LogP) is 3.18. The smallest absolute Gasteiger partial charge is 0.241 e. The lowest BCUT2D eigenvalue weighted by Crippen LogP contribution is -2.01. The Labute approximate surface area is 78.1 Å². The number of hydrogen-bond donors (Lipinski definition) is 1. The minimum atomic E-state index is 0.0392. The molecule has 0 spiro atoms. The van der Waals surface area contributed by atoms with E-state index in [-0.39, 0.29) is 14.2 Å². The van der Waals surface area contributed by atoms with Crippen molar-refractivity contribution in [2.75, 3.05) is 12.0 Å². The molecule has 64 valence electrons. The van der Waals surface area contributed by atoms with Crippen LogP contribution in [-0.4, -0.2) is 12.3 Å². The lowest BCUT2D eigenvalue weighted by molar-refractivity contribution is 0.269. The van der Waals surface area contributed by atoms with Gasteiger partial charge in [-0.1, -0.05) is 11.6 Å². The molecule has 0 aromatic heterocycles. The summed E-state index contributed by atoms with van der Waals surface area (Å²) in [7, 11) is 0.271. The fourth-order valence-electron chi connectivity index (χ4n) is 0.727. The molecule has 0 aliphatic carbocycles. The Hall–Kier alpha value is -0.590. The number of carbonyl (C=O) groups excluding carboxylic acids is 1. The van der Waals surface area contributed by atoms with Gasteiger partial charge in [-0.25, -0.2) is 0 Å². The summed E-state index contributed by atoms with van der Waals surface area (Å²) in [6.45, 7) is 1.84. The molecule has 1 atom stereocenters. The Morgan fingerprint density at radius 2 is 2.00 bits per heavy atom. The topological polar surface area (TPSA) is 29.1 Å². The van der Waals surface area contributed by atoms with Crippen molar-refractivity contribution in [1.29, 1.82) is 0 Å². The molecular formula is C8H9ClNOP. The summed E-state index contributed by atoms with van der Waals surface area (Å²) < 4.78 is 0. The summed E-state index contributed by atoms with van der Waals surface area (Å²) in [6, 6.07) is 7.05. The van der Waals surface area contributed by atoms with Crippen LogP contribution in [0.1, 0.15) is 0 Å². The molecule has 0 fully saturated rings. The van der Waals surface area contributed by atoms with E-state index >= 15 is 0 Å². The van der Waals surface area contributed by atoms with E-state index in [0.29, 0.717) is 5.02 Å². The number of carbonyl (C=O) groups is 1. The first-order valence-electron chi connectivity index (χ1n) is 3.46. The van der Waals surface area contributed by atoms with Crippen molar-refractivity contribution in [2.24, 2.45) is 0 Å².